The lowest BCUT2D eigenvalue weighted by atomic mass is 10.2. The van der Waals surface area contributed by atoms with Crippen LogP contribution in [0.25, 0.3) is 0 Å². The normalized spacial score (nSPS) is 10.7. The number of thiazole rings is 1. The van der Waals surface area contributed by atoms with Crippen LogP contribution in [-0.4, -0.2) is 17.1 Å². The Morgan fingerprint density at radius 3 is 2.56 bits per heavy atom. The number of rotatable bonds is 4. The van der Waals surface area contributed by atoms with Crippen molar-refractivity contribution in [3.05, 3.63) is 46.2 Å². The summed E-state index contributed by atoms with van der Waals surface area (Å²) in [6.45, 7) is 2.57. The van der Waals surface area contributed by atoms with Crippen molar-refractivity contribution in [3.8, 4) is 0 Å². The van der Waals surface area contributed by atoms with Gasteiger partial charge in [-0.05, 0) is 24.6 Å². The van der Waals surface area contributed by atoms with E-state index in [1.54, 1.807) is 12.1 Å². The van der Waals surface area contributed by atoms with Gasteiger partial charge in [0.05, 0.1) is 17.2 Å². The van der Waals surface area contributed by atoms with Gasteiger partial charge in [0, 0.05) is 13.6 Å². The first-order chi connectivity index (χ1) is 8.60. The summed E-state index contributed by atoms with van der Waals surface area (Å²) < 4.78 is 12.8. The third-order valence-corrected chi connectivity index (χ3v) is 3.94. The number of benzene rings is 1. The largest absolute Gasteiger partial charge is 0.391 e. The predicted molar refractivity (Wildman–Crippen MR) is 71.3 cm³/mol. The average molecular weight is 266 g/mol. The standard InChI is InChI=1S/C13H15FN2OS/c1-9-12(8-17)18-13(15-9)16(2)7-10-3-5-11(14)6-4-10/h3-6,17H,7-8H2,1-2H3. The van der Waals surface area contributed by atoms with Crippen LogP contribution in [0.15, 0.2) is 24.3 Å². The molecule has 0 aliphatic heterocycles. The second-order valence-electron chi connectivity index (χ2n) is 4.15. The summed E-state index contributed by atoms with van der Waals surface area (Å²) in [6, 6.07) is 6.43. The molecule has 5 heteroatoms. The molecule has 96 valence electrons. The zero-order valence-electron chi connectivity index (χ0n) is 10.4. The average Bonchev–Trinajstić information content (AvgIpc) is 2.73. The van der Waals surface area contributed by atoms with Crippen molar-refractivity contribution in [2.45, 2.75) is 20.1 Å². The molecule has 0 aliphatic carbocycles. The fourth-order valence-electron chi connectivity index (χ4n) is 1.65. The number of halogens is 1. The van der Waals surface area contributed by atoms with Crippen molar-refractivity contribution in [2.75, 3.05) is 11.9 Å². The van der Waals surface area contributed by atoms with E-state index in [1.807, 2.05) is 18.9 Å². The van der Waals surface area contributed by atoms with Gasteiger partial charge in [-0.3, -0.25) is 0 Å². The van der Waals surface area contributed by atoms with Crippen LogP contribution in [0.1, 0.15) is 16.1 Å². The Kier molecular flexibility index (Phi) is 3.93. The molecule has 0 unspecified atom stereocenters. The Labute approximate surface area is 110 Å². The molecule has 2 rings (SSSR count). The highest BCUT2D eigenvalue weighted by Gasteiger charge is 2.10. The Bertz CT molecular complexity index is 524. The molecule has 0 saturated heterocycles. The first kappa shape index (κ1) is 13.0. The summed E-state index contributed by atoms with van der Waals surface area (Å²) in [5.41, 5.74) is 1.89. The van der Waals surface area contributed by atoms with Crippen LogP contribution in [-0.2, 0) is 13.2 Å². The molecule has 1 aromatic heterocycles. The fraction of sp³-hybridized carbons (Fsp3) is 0.308. The van der Waals surface area contributed by atoms with E-state index in [9.17, 15) is 4.39 Å². The molecule has 0 bridgehead atoms. The van der Waals surface area contributed by atoms with Crippen LogP contribution in [0.2, 0.25) is 0 Å². The minimum absolute atomic E-state index is 0.0217. The van der Waals surface area contributed by atoms with Crippen LogP contribution in [0, 0.1) is 12.7 Å². The third-order valence-electron chi connectivity index (χ3n) is 2.68. The Morgan fingerprint density at radius 2 is 2.00 bits per heavy atom. The van der Waals surface area contributed by atoms with Crippen LogP contribution < -0.4 is 4.90 Å². The zero-order chi connectivity index (χ0) is 13.1. The van der Waals surface area contributed by atoms with E-state index in [0.29, 0.717) is 6.54 Å². The SMILES string of the molecule is Cc1nc(N(C)Cc2ccc(F)cc2)sc1CO. The minimum atomic E-state index is -0.228. The number of aliphatic hydroxyl groups is 1. The zero-order valence-corrected chi connectivity index (χ0v) is 11.2. The molecule has 0 fully saturated rings. The maximum atomic E-state index is 12.8. The Morgan fingerprint density at radius 1 is 1.33 bits per heavy atom. The molecule has 1 aromatic carbocycles. The molecule has 0 saturated carbocycles. The van der Waals surface area contributed by atoms with Crippen LogP contribution in [0.5, 0.6) is 0 Å². The van der Waals surface area contributed by atoms with Crippen molar-refractivity contribution >= 4 is 16.5 Å². The molecule has 0 radical (unpaired) electrons. The quantitative estimate of drug-likeness (QED) is 0.924. The van der Waals surface area contributed by atoms with Crippen molar-refractivity contribution < 1.29 is 9.50 Å². The highest BCUT2D eigenvalue weighted by molar-refractivity contribution is 7.15. The number of hydrogen-bond donors (Lipinski definition) is 1. The lowest BCUT2D eigenvalue weighted by Crippen LogP contribution is -2.16. The van der Waals surface area contributed by atoms with E-state index in [1.165, 1.54) is 23.5 Å². The summed E-state index contributed by atoms with van der Waals surface area (Å²) in [5, 5.41) is 10.0. The van der Waals surface area contributed by atoms with Gasteiger partial charge in [-0.2, -0.15) is 0 Å². The highest BCUT2D eigenvalue weighted by Crippen LogP contribution is 2.26. The van der Waals surface area contributed by atoms with E-state index in [0.717, 1.165) is 21.3 Å². The molecule has 0 spiro atoms. The lowest BCUT2D eigenvalue weighted by Gasteiger charge is -2.15. The molecule has 18 heavy (non-hydrogen) atoms. The Balaban J connectivity index is 2.11. The molecule has 0 aliphatic rings. The summed E-state index contributed by atoms with van der Waals surface area (Å²) in [6.07, 6.45) is 0. The van der Waals surface area contributed by atoms with Crippen molar-refractivity contribution in [3.63, 3.8) is 0 Å². The van der Waals surface area contributed by atoms with E-state index in [-0.39, 0.29) is 12.4 Å². The van der Waals surface area contributed by atoms with Gasteiger partial charge >= 0.3 is 0 Å². The number of nitrogens with zero attached hydrogens (tertiary/aromatic N) is 2. The molecule has 1 heterocycles. The monoisotopic (exact) mass is 266 g/mol. The second-order valence-corrected chi connectivity index (χ2v) is 5.21. The van der Waals surface area contributed by atoms with E-state index < -0.39 is 0 Å². The molecular weight excluding hydrogens is 251 g/mol. The first-order valence-electron chi connectivity index (χ1n) is 5.63. The van der Waals surface area contributed by atoms with Crippen LogP contribution in [0.3, 0.4) is 0 Å². The maximum absolute atomic E-state index is 12.8. The van der Waals surface area contributed by atoms with Crippen molar-refractivity contribution in [2.24, 2.45) is 0 Å². The highest BCUT2D eigenvalue weighted by atomic mass is 32.1. The van der Waals surface area contributed by atoms with Gasteiger partial charge in [0.25, 0.3) is 0 Å². The number of anilines is 1. The molecule has 0 atom stereocenters. The molecule has 2 aromatic rings. The van der Waals surface area contributed by atoms with Gasteiger partial charge in [0.2, 0.25) is 0 Å². The fourth-order valence-corrected chi connectivity index (χ4v) is 2.54. The van der Waals surface area contributed by atoms with E-state index in [2.05, 4.69) is 4.98 Å². The van der Waals surface area contributed by atoms with Gasteiger partial charge < -0.3 is 10.0 Å². The van der Waals surface area contributed by atoms with Crippen molar-refractivity contribution in [1.82, 2.24) is 4.98 Å². The summed E-state index contributed by atoms with van der Waals surface area (Å²) in [5.74, 6) is -0.228. The number of aliphatic hydroxyl groups excluding tert-OH is 1. The van der Waals surface area contributed by atoms with Gasteiger partial charge in [-0.1, -0.05) is 23.5 Å². The second kappa shape index (κ2) is 5.46. The molecule has 3 nitrogen and oxygen atoms in total. The summed E-state index contributed by atoms with van der Waals surface area (Å²) in [7, 11) is 1.93. The predicted octanol–water partition coefficient (Wildman–Crippen LogP) is 2.72. The summed E-state index contributed by atoms with van der Waals surface area (Å²) in [4.78, 5) is 7.28. The first-order valence-corrected chi connectivity index (χ1v) is 6.44. The van der Waals surface area contributed by atoms with Gasteiger partial charge in [0.1, 0.15) is 5.82 Å². The lowest BCUT2D eigenvalue weighted by molar-refractivity contribution is 0.284. The third kappa shape index (κ3) is 2.86. The molecule has 0 amide bonds. The maximum Gasteiger partial charge on any atom is 0.185 e. The van der Waals surface area contributed by atoms with Gasteiger partial charge in [-0.25, -0.2) is 9.37 Å². The molecule has 1 N–H and O–H groups in total. The topological polar surface area (TPSA) is 36.4 Å². The van der Waals surface area contributed by atoms with Crippen molar-refractivity contribution in [1.29, 1.82) is 0 Å². The van der Waals surface area contributed by atoms with E-state index in [4.69, 9.17) is 5.11 Å². The van der Waals surface area contributed by atoms with Gasteiger partial charge in [-0.15, -0.1) is 0 Å². The minimum Gasteiger partial charge on any atom is -0.391 e. The summed E-state index contributed by atoms with van der Waals surface area (Å²) >= 11 is 1.48. The smallest absolute Gasteiger partial charge is 0.185 e. The van der Waals surface area contributed by atoms with Gasteiger partial charge in [0.15, 0.2) is 5.13 Å². The van der Waals surface area contributed by atoms with E-state index >= 15 is 0 Å². The van der Waals surface area contributed by atoms with Crippen LogP contribution >= 0.6 is 11.3 Å². The Hall–Kier alpha value is -1.46. The number of aromatic nitrogens is 1. The molecular formula is C13H15FN2OS. The number of hydrogen-bond acceptors (Lipinski definition) is 4. The van der Waals surface area contributed by atoms with Crippen LogP contribution in [0.4, 0.5) is 9.52 Å². The number of aryl methyl sites for hydroxylation is 1.